The SMILES string of the molecule is COc1ccc(C(C)(C)C)cc1C(N)CCS. The smallest absolute Gasteiger partial charge is 0.123 e. The molecule has 1 aromatic rings. The van der Waals surface area contributed by atoms with Gasteiger partial charge in [-0.3, -0.25) is 0 Å². The minimum absolute atomic E-state index is 0.00949. The molecule has 0 aliphatic rings. The molecule has 1 aromatic carbocycles. The van der Waals surface area contributed by atoms with E-state index >= 15 is 0 Å². The number of rotatable bonds is 4. The van der Waals surface area contributed by atoms with Crippen molar-refractivity contribution in [1.29, 1.82) is 0 Å². The summed E-state index contributed by atoms with van der Waals surface area (Å²) in [5.41, 5.74) is 8.65. The van der Waals surface area contributed by atoms with Gasteiger partial charge in [0.1, 0.15) is 5.75 Å². The van der Waals surface area contributed by atoms with E-state index in [4.69, 9.17) is 10.5 Å². The van der Waals surface area contributed by atoms with Crippen LogP contribution in [0.3, 0.4) is 0 Å². The Hall–Kier alpha value is -0.670. The lowest BCUT2D eigenvalue weighted by Crippen LogP contribution is -2.16. The standard InChI is InChI=1S/C14H23NOS/c1-14(2,3)10-5-6-13(16-4)11(9-10)12(15)7-8-17/h5-6,9,12,17H,7-8,15H2,1-4H3. The van der Waals surface area contributed by atoms with E-state index in [-0.39, 0.29) is 11.5 Å². The molecule has 2 nitrogen and oxygen atoms in total. The topological polar surface area (TPSA) is 35.2 Å². The summed E-state index contributed by atoms with van der Waals surface area (Å²) < 4.78 is 5.38. The van der Waals surface area contributed by atoms with E-state index < -0.39 is 0 Å². The third kappa shape index (κ3) is 3.65. The molecule has 1 rings (SSSR count). The fourth-order valence-electron chi connectivity index (χ4n) is 1.79. The van der Waals surface area contributed by atoms with Gasteiger partial charge in [0.2, 0.25) is 0 Å². The summed E-state index contributed by atoms with van der Waals surface area (Å²) in [6, 6.07) is 6.27. The first-order valence-corrected chi connectivity index (χ1v) is 6.58. The number of ether oxygens (including phenoxy) is 1. The molecule has 0 heterocycles. The average Bonchev–Trinajstić information content (AvgIpc) is 2.27. The summed E-state index contributed by atoms with van der Waals surface area (Å²) in [6.45, 7) is 6.59. The highest BCUT2D eigenvalue weighted by Gasteiger charge is 2.18. The first-order chi connectivity index (χ1) is 7.90. The van der Waals surface area contributed by atoms with Crippen molar-refractivity contribution in [2.45, 2.75) is 38.6 Å². The van der Waals surface area contributed by atoms with E-state index in [2.05, 4.69) is 45.5 Å². The third-order valence-electron chi connectivity index (χ3n) is 2.94. The van der Waals surface area contributed by atoms with E-state index in [0.29, 0.717) is 0 Å². The van der Waals surface area contributed by atoms with Gasteiger partial charge < -0.3 is 10.5 Å². The minimum atomic E-state index is -0.00949. The van der Waals surface area contributed by atoms with Crippen LogP contribution in [0.15, 0.2) is 18.2 Å². The Morgan fingerprint density at radius 3 is 2.47 bits per heavy atom. The molecule has 0 amide bonds. The largest absolute Gasteiger partial charge is 0.496 e. The minimum Gasteiger partial charge on any atom is -0.496 e. The zero-order valence-electron chi connectivity index (χ0n) is 11.2. The predicted molar refractivity (Wildman–Crippen MR) is 77.1 cm³/mol. The fourth-order valence-corrected chi connectivity index (χ4v) is 2.06. The van der Waals surface area contributed by atoms with Gasteiger partial charge in [-0.1, -0.05) is 32.9 Å². The van der Waals surface area contributed by atoms with E-state index in [1.54, 1.807) is 7.11 Å². The van der Waals surface area contributed by atoms with Crippen LogP contribution in [0.5, 0.6) is 5.75 Å². The molecule has 96 valence electrons. The number of hydrogen-bond acceptors (Lipinski definition) is 3. The van der Waals surface area contributed by atoms with Gasteiger partial charge >= 0.3 is 0 Å². The van der Waals surface area contributed by atoms with Crippen LogP contribution in [0.2, 0.25) is 0 Å². The molecule has 3 heteroatoms. The Balaban J connectivity index is 3.15. The number of benzene rings is 1. The number of methoxy groups -OCH3 is 1. The molecular formula is C14H23NOS. The highest BCUT2D eigenvalue weighted by Crippen LogP contribution is 2.31. The Kier molecular flexibility index (Phi) is 4.90. The van der Waals surface area contributed by atoms with Crippen molar-refractivity contribution in [3.63, 3.8) is 0 Å². The summed E-state index contributed by atoms with van der Waals surface area (Å²) in [5, 5.41) is 0. The quantitative estimate of drug-likeness (QED) is 0.807. The van der Waals surface area contributed by atoms with Crippen LogP contribution in [0, 0.1) is 0 Å². The zero-order valence-corrected chi connectivity index (χ0v) is 12.1. The highest BCUT2D eigenvalue weighted by atomic mass is 32.1. The van der Waals surface area contributed by atoms with E-state index in [1.165, 1.54) is 5.56 Å². The van der Waals surface area contributed by atoms with Gasteiger partial charge in [0.25, 0.3) is 0 Å². The van der Waals surface area contributed by atoms with Crippen LogP contribution in [0.1, 0.15) is 44.4 Å². The molecule has 1 atom stereocenters. The summed E-state index contributed by atoms with van der Waals surface area (Å²) in [7, 11) is 1.68. The van der Waals surface area contributed by atoms with Crippen LogP contribution >= 0.6 is 12.6 Å². The first-order valence-electron chi connectivity index (χ1n) is 5.95. The molecule has 1 unspecified atom stereocenters. The third-order valence-corrected chi connectivity index (χ3v) is 3.19. The van der Waals surface area contributed by atoms with Crippen molar-refractivity contribution in [3.8, 4) is 5.75 Å². The molecule has 2 N–H and O–H groups in total. The van der Waals surface area contributed by atoms with Crippen LogP contribution in [-0.4, -0.2) is 12.9 Å². The van der Waals surface area contributed by atoms with Crippen molar-refractivity contribution >= 4 is 12.6 Å². The predicted octanol–water partition coefficient (Wildman–Crippen LogP) is 3.31. The van der Waals surface area contributed by atoms with Gasteiger partial charge in [-0.05, 0) is 29.2 Å². The number of thiol groups is 1. The van der Waals surface area contributed by atoms with Crippen LogP contribution in [-0.2, 0) is 5.41 Å². The molecular weight excluding hydrogens is 230 g/mol. The second kappa shape index (κ2) is 5.78. The molecule has 0 aromatic heterocycles. The summed E-state index contributed by atoms with van der Waals surface area (Å²) in [5.74, 6) is 1.65. The summed E-state index contributed by atoms with van der Waals surface area (Å²) >= 11 is 4.24. The summed E-state index contributed by atoms with van der Waals surface area (Å²) in [6.07, 6.45) is 0.854. The molecule has 17 heavy (non-hydrogen) atoms. The first kappa shape index (κ1) is 14.4. The van der Waals surface area contributed by atoms with Crippen LogP contribution in [0.4, 0.5) is 0 Å². The monoisotopic (exact) mass is 253 g/mol. The zero-order chi connectivity index (χ0) is 13.1. The van der Waals surface area contributed by atoms with Crippen molar-refractivity contribution < 1.29 is 4.74 Å². The van der Waals surface area contributed by atoms with Crippen LogP contribution in [0.25, 0.3) is 0 Å². The van der Waals surface area contributed by atoms with Crippen molar-refractivity contribution in [2.75, 3.05) is 12.9 Å². The molecule has 0 saturated carbocycles. The second-order valence-electron chi connectivity index (χ2n) is 5.33. The highest BCUT2D eigenvalue weighted by molar-refractivity contribution is 7.80. The molecule has 0 aliphatic carbocycles. The maximum Gasteiger partial charge on any atom is 0.123 e. The van der Waals surface area contributed by atoms with Gasteiger partial charge in [0.05, 0.1) is 7.11 Å². The van der Waals surface area contributed by atoms with E-state index in [0.717, 1.165) is 23.5 Å². The second-order valence-corrected chi connectivity index (χ2v) is 5.77. The maximum atomic E-state index is 6.17. The molecule has 0 fully saturated rings. The number of nitrogens with two attached hydrogens (primary N) is 1. The molecule has 0 saturated heterocycles. The van der Waals surface area contributed by atoms with Crippen molar-refractivity contribution in [1.82, 2.24) is 0 Å². The molecule has 0 spiro atoms. The molecule has 0 aliphatic heterocycles. The lowest BCUT2D eigenvalue weighted by Gasteiger charge is -2.23. The van der Waals surface area contributed by atoms with E-state index in [9.17, 15) is 0 Å². The Morgan fingerprint density at radius 2 is 2.00 bits per heavy atom. The molecule has 0 radical (unpaired) electrons. The van der Waals surface area contributed by atoms with Gasteiger partial charge in [0.15, 0.2) is 0 Å². The molecule has 0 bridgehead atoms. The lowest BCUT2D eigenvalue weighted by molar-refractivity contribution is 0.404. The fraction of sp³-hybridized carbons (Fsp3) is 0.571. The van der Waals surface area contributed by atoms with Crippen molar-refractivity contribution in [2.24, 2.45) is 5.73 Å². The Morgan fingerprint density at radius 1 is 1.35 bits per heavy atom. The number of hydrogen-bond donors (Lipinski definition) is 2. The maximum absolute atomic E-state index is 6.17. The van der Waals surface area contributed by atoms with Crippen molar-refractivity contribution in [3.05, 3.63) is 29.3 Å². The van der Waals surface area contributed by atoms with Gasteiger partial charge in [-0.25, -0.2) is 0 Å². The average molecular weight is 253 g/mol. The van der Waals surface area contributed by atoms with Gasteiger partial charge in [-0.2, -0.15) is 12.6 Å². The van der Waals surface area contributed by atoms with Gasteiger partial charge in [0, 0.05) is 11.6 Å². The lowest BCUT2D eigenvalue weighted by atomic mass is 9.85. The van der Waals surface area contributed by atoms with Gasteiger partial charge in [-0.15, -0.1) is 0 Å². The normalized spacial score (nSPS) is 13.5. The summed E-state index contributed by atoms with van der Waals surface area (Å²) in [4.78, 5) is 0. The van der Waals surface area contributed by atoms with E-state index in [1.807, 2.05) is 6.07 Å². The Bertz CT molecular complexity index is 371. The van der Waals surface area contributed by atoms with Crippen LogP contribution < -0.4 is 10.5 Å². The Labute approximate surface area is 110 Å².